The fourth-order valence-electron chi connectivity index (χ4n) is 1.01. The second-order valence-corrected chi connectivity index (χ2v) is 2.45. The van der Waals surface area contributed by atoms with Gasteiger partial charge in [-0.25, -0.2) is 5.32 Å². The molecule has 1 heterocycles. The summed E-state index contributed by atoms with van der Waals surface area (Å²) in [6.07, 6.45) is 0.943. The predicted molar refractivity (Wildman–Crippen MR) is 30.4 cm³/mol. The summed E-state index contributed by atoms with van der Waals surface area (Å²) in [5.74, 6) is 0.266. The molecule has 0 aromatic heterocycles. The van der Waals surface area contributed by atoms with E-state index in [4.69, 9.17) is 0 Å². The van der Waals surface area contributed by atoms with Gasteiger partial charge in [0.2, 0.25) is 5.91 Å². The molecule has 0 saturated carbocycles. The minimum Gasteiger partial charge on any atom is -0.273 e. The molecule has 1 amide bonds. The van der Waals surface area contributed by atoms with Gasteiger partial charge in [0.25, 0.3) is 0 Å². The van der Waals surface area contributed by atoms with Gasteiger partial charge in [-0.3, -0.25) is 4.79 Å². The van der Waals surface area contributed by atoms with Gasteiger partial charge in [-0.15, -0.1) is 0 Å². The molecule has 0 aromatic rings. The van der Waals surface area contributed by atoms with Gasteiger partial charge in [0.05, 0.1) is 6.04 Å². The van der Waals surface area contributed by atoms with Crippen LogP contribution >= 0.6 is 0 Å². The monoisotopic (exact) mass is 112 g/mol. The third-order valence-corrected chi connectivity index (χ3v) is 1.46. The Balaban J connectivity index is 2.51. The predicted octanol–water partition coefficient (Wildman–Crippen LogP) is 0.546. The van der Waals surface area contributed by atoms with Crippen LogP contribution in [0.2, 0.25) is 0 Å². The van der Waals surface area contributed by atoms with Gasteiger partial charge in [-0.1, -0.05) is 6.92 Å². The van der Waals surface area contributed by atoms with Crippen LogP contribution in [0.15, 0.2) is 0 Å². The summed E-state index contributed by atoms with van der Waals surface area (Å²) in [6, 6.07) is 0.275. The first kappa shape index (κ1) is 5.60. The molecule has 45 valence electrons. The van der Waals surface area contributed by atoms with E-state index in [1.165, 1.54) is 0 Å². The Morgan fingerprint density at radius 2 is 2.25 bits per heavy atom. The number of hydrogen-bond acceptors (Lipinski definition) is 1. The molecule has 0 aliphatic carbocycles. The molecule has 8 heavy (non-hydrogen) atoms. The van der Waals surface area contributed by atoms with Gasteiger partial charge >= 0.3 is 0 Å². The second kappa shape index (κ2) is 1.77. The largest absolute Gasteiger partial charge is 0.273 e. The lowest BCUT2D eigenvalue weighted by atomic mass is 10.1. The maximum Gasteiger partial charge on any atom is 0.244 e. The number of hydrogen-bond donors (Lipinski definition) is 0. The van der Waals surface area contributed by atoms with E-state index in [-0.39, 0.29) is 17.9 Å². The van der Waals surface area contributed by atoms with Crippen LogP contribution in [-0.4, -0.2) is 11.9 Å². The average Bonchev–Trinajstić information content (AvgIpc) is 1.85. The van der Waals surface area contributed by atoms with Crippen LogP contribution in [0.3, 0.4) is 0 Å². The highest BCUT2D eigenvalue weighted by atomic mass is 16.2. The number of rotatable bonds is 0. The van der Waals surface area contributed by atoms with E-state index in [1.54, 1.807) is 0 Å². The van der Waals surface area contributed by atoms with Crippen molar-refractivity contribution in [2.75, 3.05) is 0 Å². The zero-order valence-electron chi connectivity index (χ0n) is 5.22. The first-order chi connectivity index (χ1) is 3.70. The van der Waals surface area contributed by atoms with Crippen LogP contribution in [0.5, 0.6) is 0 Å². The quantitative estimate of drug-likeness (QED) is 0.450. The van der Waals surface area contributed by atoms with Crippen LogP contribution in [0.4, 0.5) is 0 Å². The molecular weight excluding hydrogens is 102 g/mol. The molecule has 0 spiro atoms. The van der Waals surface area contributed by atoms with E-state index in [0.29, 0.717) is 0 Å². The Kier molecular flexibility index (Phi) is 1.24. The van der Waals surface area contributed by atoms with E-state index in [9.17, 15) is 4.79 Å². The van der Waals surface area contributed by atoms with Gasteiger partial charge in [0.1, 0.15) is 0 Å². The third-order valence-electron chi connectivity index (χ3n) is 1.46. The topological polar surface area (TPSA) is 31.2 Å². The molecular formula is C6H10NO. The molecule has 1 saturated heterocycles. The molecule has 2 atom stereocenters. The molecule has 1 fully saturated rings. The molecule has 2 nitrogen and oxygen atoms in total. The fraction of sp³-hybridized carbons (Fsp3) is 0.833. The summed E-state index contributed by atoms with van der Waals surface area (Å²) in [5, 5.41) is 3.83. The first-order valence-corrected chi connectivity index (χ1v) is 2.95. The van der Waals surface area contributed by atoms with Crippen molar-refractivity contribution in [2.24, 2.45) is 5.92 Å². The summed E-state index contributed by atoms with van der Waals surface area (Å²) < 4.78 is 0. The van der Waals surface area contributed by atoms with Crippen LogP contribution in [-0.2, 0) is 4.79 Å². The standard InChI is InChI=1S/C6H10NO/c1-4-3-5(2)7-6(4)8/h4-5H,3H2,1-2H3. The Morgan fingerprint density at radius 3 is 2.38 bits per heavy atom. The van der Waals surface area contributed by atoms with E-state index >= 15 is 0 Å². The van der Waals surface area contributed by atoms with Crippen LogP contribution in [0, 0.1) is 5.92 Å². The van der Waals surface area contributed by atoms with Crippen molar-refractivity contribution in [3.8, 4) is 0 Å². The summed E-state index contributed by atoms with van der Waals surface area (Å²) in [5.41, 5.74) is 0. The zero-order valence-corrected chi connectivity index (χ0v) is 5.22. The summed E-state index contributed by atoms with van der Waals surface area (Å²) >= 11 is 0. The number of nitrogens with zero attached hydrogens (tertiary/aromatic N) is 1. The Bertz CT molecular complexity index is 111. The van der Waals surface area contributed by atoms with Gasteiger partial charge < -0.3 is 0 Å². The average molecular weight is 112 g/mol. The number of carbonyl (C=O) groups excluding carboxylic acids is 1. The normalized spacial score (nSPS) is 37.5. The minimum atomic E-state index is 0.0810. The molecule has 0 N–H and O–H groups in total. The summed E-state index contributed by atoms with van der Waals surface area (Å²) in [4.78, 5) is 10.6. The van der Waals surface area contributed by atoms with E-state index in [2.05, 4.69) is 5.32 Å². The number of amides is 1. The Hall–Kier alpha value is -0.530. The molecule has 1 radical (unpaired) electrons. The molecule has 1 aliphatic heterocycles. The van der Waals surface area contributed by atoms with Crippen LogP contribution in [0.25, 0.3) is 0 Å². The molecule has 0 bridgehead atoms. The maximum absolute atomic E-state index is 10.6. The van der Waals surface area contributed by atoms with Crippen LogP contribution in [0.1, 0.15) is 20.3 Å². The molecule has 2 heteroatoms. The molecule has 1 rings (SSSR count). The highest BCUT2D eigenvalue weighted by molar-refractivity contribution is 5.80. The van der Waals surface area contributed by atoms with Crippen molar-refractivity contribution in [1.82, 2.24) is 5.32 Å². The zero-order chi connectivity index (χ0) is 6.15. The molecule has 1 aliphatic rings. The van der Waals surface area contributed by atoms with Crippen molar-refractivity contribution in [1.29, 1.82) is 0 Å². The van der Waals surface area contributed by atoms with Crippen LogP contribution < -0.4 is 5.32 Å². The van der Waals surface area contributed by atoms with Crippen molar-refractivity contribution < 1.29 is 4.79 Å². The van der Waals surface area contributed by atoms with Gasteiger partial charge in [0, 0.05) is 5.92 Å². The molecule has 0 aromatic carbocycles. The lowest BCUT2D eigenvalue weighted by Crippen LogP contribution is -2.14. The lowest BCUT2D eigenvalue weighted by molar-refractivity contribution is -0.122. The van der Waals surface area contributed by atoms with Crippen molar-refractivity contribution in [3.05, 3.63) is 0 Å². The third kappa shape index (κ3) is 0.831. The fourth-order valence-corrected chi connectivity index (χ4v) is 1.01. The van der Waals surface area contributed by atoms with Gasteiger partial charge in [-0.05, 0) is 13.3 Å². The van der Waals surface area contributed by atoms with E-state index < -0.39 is 0 Å². The maximum atomic E-state index is 10.6. The van der Waals surface area contributed by atoms with Crippen molar-refractivity contribution in [3.63, 3.8) is 0 Å². The summed E-state index contributed by atoms with van der Waals surface area (Å²) in [6.45, 7) is 3.90. The number of carbonyl (C=O) groups is 1. The van der Waals surface area contributed by atoms with Crippen molar-refractivity contribution >= 4 is 5.91 Å². The van der Waals surface area contributed by atoms with Crippen molar-refractivity contribution in [2.45, 2.75) is 26.3 Å². The van der Waals surface area contributed by atoms with Gasteiger partial charge in [-0.2, -0.15) is 0 Å². The summed E-state index contributed by atoms with van der Waals surface area (Å²) in [7, 11) is 0. The SMILES string of the molecule is CC1CC(C)C(=O)[N]1. The molecule has 2 unspecified atom stereocenters. The van der Waals surface area contributed by atoms with E-state index in [1.807, 2.05) is 13.8 Å². The van der Waals surface area contributed by atoms with Gasteiger partial charge in [0.15, 0.2) is 0 Å². The highest BCUT2D eigenvalue weighted by Gasteiger charge is 2.26. The lowest BCUT2D eigenvalue weighted by Gasteiger charge is -1.92. The smallest absolute Gasteiger partial charge is 0.244 e. The second-order valence-electron chi connectivity index (χ2n) is 2.45. The first-order valence-electron chi connectivity index (χ1n) is 2.95. The van der Waals surface area contributed by atoms with E-state index in [0.717, 1.165) is 6.42 Å². The minimum absolute atomic E-state index is 0.0810. The Labute approximate surface area is 49.3 Å². The highest BCUT2D eigenvalue weighted by Crippen LogP contribution is 2.14. The Morgan fingerprint density at radius 1 is 1.62 bits per heavy atom.